The Hall–Kier alpha value is -1.56. The minimum Gasteiger partial charge on any atom is -0.0620 e. The summed E-state index contributed by atoms with van der Waals surface area (Å²) in [6.07, 6.45) is 0. The van der Waals surface area contributed by atoms with E-state index in [1.54, 1.807) is 0 Å². The highest BCUT2D eigenvalue weighted by molar-refractivity contribution is 5.54. The molecule has 0 amide bonds. The summed E-state index contributed by atoms with van der Waals surface area (Å²) in [5.41, 5.74) is 6.52. The maximum Gasteiger partial charge on any atom is 0.0144 e. The van der Waals surface area contributed by atoms with Crippen LogP contribution in [0.5, 0.6) is 0 Å². The summed E-state index contributed by atoms with van der Waals surface area (Å²) in [6, 6.07) is 18.2. The summed E-state index contributed by atoms with van der Waals surface area (Å²) in [6.45, 7) is 14.2. The van der Waals surface area contributed by atoms with Crippen molar-refractivity contribution in [2.75, 3.05) is 0 Å². The maximum absolute atomic E-state index is 2.36. The lowest BCUT2D eigenvalue weighted by atomic mass is 9.59. The minimum atomic E-state index is 0.217. The van der Waals surface area contributed by atoms with Crippen LogP contribution in [0.4, 0.5) is 0 Å². The van der Waals surface area contributed by atoms with Gasteiger partial charge in [-0.1, -0.05) is 90.1 Å². The Morgan fingerprint density at radius 1 is 0.500 bits per heavy atom. The second kappa shape index (κ2) is 4.98. The monoisotopic (exact) mass is 292 g/mol. The van der Waals surface area contributed by atoms with Crippen LogP contribution >= 0.6 is 0 Å². The quantitative estimate of drug-likeness (QED) is 0.530. The number of hydrogen-bond acceptors (Lipinski definition) is 0. The van der Waals surface area contributed by atoms with E-state index in [1.807, 2.05) is 0 Å². The van der Waals surface area contributed by atoms with Gasteiger partial charge in [0.1, 0.15) is 0 Å². The van der Waals surface area contributed by atoms with Gasteiger partial charge in [0.2, 0.25) is 0 Å². The van der Waals surface area contributed by atoms with Crippen molar-refractivity contribution >= 4 is 0 Å². The molecule has 1 aliphatic carbocycles. The number of hydrogen-bond donors (Lipinski definition) is 0. The molecule has 0 fully saturated rings. The Kier molecular flexibility index (Phi) is 3.47. The molecule has 3 rings (SSSR count). The van der Waals surface area contributed by atoms with Crippen molar-refractivity contribution in [3.8, 4) is 0 Å². The van der Waals surface area contributed by atoms with Gasteiger partial charge in [-0.2, -0.15) is 0 Å². The van der Waals surface area contributed by atoms with Crippen molar-refractivity contribution in [1.82, 2.24) is 0 Å². The van der Waals surface area contributed by atoms with E-state index in [4.69, 9.17) is 0 Å². The molecule has 2 aromatic rings. The fourth-order valence-electron chi connectivity index (χ4n) is 4.27. The molecule has 0 radical (unpaired) electrons. The first-order chi connectivity index (χ1) is 10.2. The number of benzene rings is 2. The van der Waals surface area contributed by atoms with Crippen molar-refractivity contribution in [2.45, 2.75) is 53.4 Å². The average Bonchev–Trinajstić information content (AvgIpc) is 2.41. The summed E-state index contributed by atoms with van der Waals surface area (Å²) >= 11 is 0. The first-order valence-corrected chi connectivity index (χ1v) is 8.39. The molecule has 0 atom stereocenters. The van der Waals surface area contributed by atoms with Gasteiger partial charge in [0.05, 0.1) is 0 Å². The zero-order valence-electron chi connectivity index (χ0n) is 14.8. The second-order valence-corrected chi connectivity index (χ2v) is 8.86. The Bertz CT molecular complexity index is 572. The fourth-order valence-corrected chi connectivity index (χ4v) is 4.27. The van der Waals surface area contributed by atoms with Gasteiger partial charge < -0.3 is 0 Å². The molecule has 22 heavy (non-hydrogen) atoms. The molecular formula is C22H28. The summed E-state index contributed by atoms with van der Waals surface area (Å²) < 4.78 is 0. The third-order valence-electron chi connectivity index (χ3n) is 4.97. The molecule has 0 saturated carbocycles. The minimum absolute atomic E-state index is 0.217. The van der Waals surface area contributed by atoms with Crippen molar-refractivity contribution in [3.63, 3.8) is 0 Å². The molecule has 0 heterocycles. The van der Waals surface area contributed by atoms with Gasteiger partial charge in [0.15, 0.2) is 0 Å². The average molecular weight is 292 g/mol. The number of rotatable bonds is 0. The molecule has 1 aliphatic rings. The third kappa shape index (κ3) is 2.39. The van der Waals surface area contributed by atoms with Gasteiger partial charge in [-0.25, -0.2) is 0 Å². The Balaban J connectivity index is 2.34. The van der Waals surface area contributed by atoms with E-state index in [0.717, 1.165) is 0 Å². The molecule has 0 N–H and O–H groups in total. The molecule has 0 unspecified atom stereocenters. The molecular weight excluding hydrogens is 264 g/mol. The van der Waals surface area contributed by atoms with Crippen LogP contribution in [0.1, 0.15) is 75.6 Å². The highest BCUT2D eigenvalue weighted by Crippen LogP contribution is 2.54. The molecule has 0 aliphatic heterocycles. The van der Waals surface area contributed by atoms with Crippen molar-refractivity contribution in [2.24, 2.45) is 10.8 Å². The second-order valence-electron chi connectivity index (χ2n) is 8.86. The van der Waals surface area contributed by atoms with Gasteiger partial charge in [0.25, 0.3) is 0 Å². The van der Waals surface area contributed by atoms with Crippen LogP contribution in [0, 0.1) is 10.8 Å². The molecule has 0 aromatic heterocycles. The maximum atomic E-state index is 2.36. The predicted octanol–water partition coefficient (Wildman–Crippen LogP) is 6.36. The summed E-state index contributed by atoms with van der Waals surface area (Å²) in [5.74, 6) is 0.942. The smallest absolute Gasteiger partial charge is 0.0144 e. The Morgan fingerprint density at radius 3 is 0.909 bits per heavy atom. The van der Waals surface area contributed by atoms with E-state index in [-0.39, 0.29) is 10.8 Å². The lowest BCUT2D eigenvalue weighted by Gasteiger charge is -2.44. The van der Waals surface area contributed by atoms with E-state index in [9.17, 15) is 0 Å². The lowest BCUT2D eigenvalue weighted by Crippen LogP contribution is -2.31. The van der Waals surface area contributed by atoms with Gasteiger partial charge in [-0.15, -0.1) is 0 Å². The van der Waals surface area contributed by atoms with Gasteiger partial charge in [-0.05, 0) is 33.1 Å². The first kappa shape index (κ1) is 15.3. The fraction of sp³-hybridized carbons (Fsp3) is 0.455. The van der Waals surface area contributed by atoms with Crippen LogP contribution in [0.2, 0.25) is 0 Å². The van der Waals surface area contributed by atoms with Crippen molar-refractivity contribution in [3.05, 3.63) is 70.8 Å². The van der Waals surface area contributed by atoms with E-state index < -0.39 is 0 Å². The largest absolute Gasteiger partial charge is 0.0620 e. The van der Waals surface area contributed by atoms with Gasteiger partial charge in [0, 0.05) is 11.8 Å². The normalized spacial score (nSPS) is 21.2. The van der Waals surface area contributed by atoms with Crippen LogP contribution in [-0.4, -0.2) is 0 Å². The highest BCUT2D eigenvalue weighted by atomic mass is 14.4. The topological polar surface area (TPSA) is 0 Å². The molecule has 0 spiro atoms. The molecule has 0 saturated heterocycles. The first-order valence-electron chi connectivity index (χ1n) is 8.39. The lowest BCUT2D eigenvalue weighted by molar-refractivity contribution is 0.314. The SMILES string of the molecule is CC(C)(C)C1c2ccccc2C(C(C)(C)C)c2ccccc21. The van der Waals surface area contributed by atoms with E-state index >= 15 is 0 Å². The molecule has 0 bridgehead atoms. The summed E-state index contributed by atoms with van der Waals surface area (Å²) in [4.78, 5) is 0. The Labute approximate surface area is 135 Å². The van der Waals surface area contributed by atoms with Crippen LogP contribution in [0.3, 0.4) is 0 Å². The zero-order chi connectivity index (χ0) is 16.1. The standard InChI is InChI=1S/C22H28/c1-21(2,3)19-15-11-7-9-13-17(15)20(22(4,5)6)18-14-10-8-12-16(18)19/h7-14,19-20H,1-6H3. The molecule has 0 heteroatoms. The third-order valence-corrected chi connectivity index (χ3v) is 4.97. The van der Waals surface area contributed by atoms with Crippen LogP contribution in [0.15, 0.2) is 48.5 Å². The van der Waals surface area contributed by atoms with E-state index in [2.05, 4.69) is 90.1 Å². The highest BCUT2D eigenvalue weighted by Gasteiger charge is 2.41. The number of fused-ring (bicyclic) bond motifs is 2. The van der Waals surface area contributed by atoms with E-state index in [1.165, 1.54) is 22.3 Å². The van der Waals surface area contributed by atoms with E-state index in [0.29, 0.717) is 11.8 Å². The molecule has 116 valence electrons. The predicted molar refractivity (Wildman–Crippen MR) is 95.5 cm³/mol. The zero-order valence-corrected chi connectivity index (χ0v) is 14.8. The summed E-state index contributed by atoms with van der Waals surface area (Å²) in [5, 5.41) is 0. The van der Waals surface area contributed by atoms with Crippen LogP contribution < -0.4 is 0 Å². The van der Waals surface area contributed by atoms with Crippen LogP contribution in [0.25, 0.3) is 0 Å². The van der Waals surface area contributed by atoms with Crippen molar-refractivity contribution < 1.29 is 0 Å². The van der Waals surface area contributed by atoms with Crippen molar-refractivity contribution in [1.29, 1.82) is 0 Å². The molecule has 0 nitrogen and oxygen atoms in total. The van der Waals surface area contributed by atoms with Gasteiger partial charge in [-0.3, -0.25) is 0 Å². The molecule has 2 aromatic carbocycles. The van der Waals surface area contributed by atoms with Gasteiger partial charge >= 0.3 is 0 Å². The van der Waals surface area contributed by atoms with Crippen LogP contribution in [-0.2, 0) is 0 Å². The Morgan fingerprint density at radius 2 is 0.727 bits per heavy atom. The summed E-state index contributed by atoms with van der Waals surface area (Å²) in [7, 11) is 0.